The molecule has 1 aliphatic rings. The highest BCUT2D eigenvalue weighted by Crippen LogP contribution is 2.22. The van der Waals surface area contributed by atoms with E-state index in [4.69, 9.17) is 14.6 Å². The number of hydrogen-bond acceptors (Lipinski definition) is 6. The van der Waals surface area contributed by atoms with Gasteiger partial charge >= 0.3 is 0 Å². The molecule has 0 aromatic rings. The van der Waals surface area contributed by atoms with Crippen molar-refractivity contribution < 1.29 is 29.9 Å². The highest BCUT2D eigenvalue weighted by molar-refractivity contribution is 4.89. The van der Waals surface area contributed by atoms with Gasteiger partial charge < -0.3 is 29.9 Å². The van der Waals surface area contributed by atoms with E-state index in [1.54, 1.807) is 0 Å². The maximum absolute atomic E-state index is 9.74. The summed E-state index contributed by atoms with van der Waals surface area (Å²) < 4.78 is 10.1. The fraction of sp³-hybridized carbons (Fsp3) is 1.00. The van der Waals surface area contributed by atoms with E-state index in [1.807, 2.05) is 6.92 Å². The molecule has 0 amide bonds. The highest BCUT2D eigenvalue weighted by atomic mass is 16.6. The van der Waals surface area contributed by atoms with Gasteiger partial charge in [-0.2, -0.15) is 0 Å². The molecule has 0 aromatic carbocycles. The second-order valence-electron chi connectivity index (χ2n) is 3.92. The molecule has 6 heteroatoms. The minimum absolute atomic E-state index is 0.389. The Kier molecular flexibility index (Phi) is 5.60. The Bertz CT molecular complexity index is 200. The molecule has 5 atom stereocenters. The summed E-state index contributed by atoms with van der Waals surface area (Å²) in [6, 6.07) is 0. The van der Waals surface area contributed by atoms with Gasteiger partial charge in [0.25, 0.3) is 0 Å². The molecule has 0 bridgehead atoms. The summed E-state index contributed by atoms with van der Waals surface area (Å²) in [6.07, 6.45) is -3.99. The number of aliphatic hydroxyl groups excluding tert-OH is 4. The first-order chi connectivity index (χ1) is 7.61. The number of aliphatic hydroxyl groups is 4. The summed E-state index contributed by atoms with van der Waals surface area (Å²) in [5, 5.41) is 37.6. The van der Waals surface area contributed by atoms with Crippen LogP contribution in [0.5, 0.6) is 0 Å². The predicted molar refractivity (Wildman–Crippen MR) is 54.6 cm³/mol. The van der Waals surface area contributed by atoms with Crippen molar-refractivity contribution in [3.05, 3.63) is 0 Å². The topological polar surface area (TPSA) is 99.4 Å². The monoisotopic (exact) mass is 236 g/mol. The zero-order valence-corrected chi connectivity index (χ0v) is 9.32. The summed E-state index contributed by atoms with van der Waals surface area (Å²) in [6.45, 7) is 1.95. The van der Waals surface area contributed by atoms with Crippen LogP contribution in [0.4, 0.5) is 0 Å². The molecule has 1 fully saturated rings. The number of unbranched alkanes of at least 4 members (excludes halogenated alkanes) is 1. The first-order valence-electron chi connectivity index (χ1n) is 5.54. The third kappa shape index (κ3) is 3.13. The largest absolute Gasteiger partial charge is 0.394 e. The minimum atomic E-state index is -1.44. The summed E-state index contributed by atoms with van der Waals surface area (Å²) in [4.78, 5) is 0. The molecule has 16 heavy (non-hydrogen) atoms. The number of rotatable bonds is 5. The summed E-state index contributed by atoms with van der Waals surface area (Å²) in [5.74, 6) is 0. The van der Waals surface area contributed by atoms with Crippen LogP contribution in [-0.2, 0) is 9.47 Å². The minimum Gasteiger partial charge on any atom is -0.394 e. The number of ether oxygens (including phenoxy) is 2. The van der Waals surface area contributed by atoms with Gasteiger partial charge in [-0.1, -0.05) is 13.3 Å². The van der Waals surface area contributed by atoms with Gasteiger partial charge in [0.1, 0.15) is 24.4 Å². The molecule has 96 valence electrons. The van der Waals surface area contributed by atoms with Crippen LogP contribution in [0.2, 0.25) is 0 Å². The van der Waals surface area contributed by atoms with Crippen LogP contribution in [-0.4, -0.2) is 64.3 Å². The quantitative estimate of drug-likeness (QED) is 0.438. The third-order valence-corrected chi connectivity index (χ3v) is 2.65. The lowest BCUT2D eigenvalue weighted by molar-refractivity contribution is -0.294. The van der Waals surface area contributed by atoms with E-state index >= 15 is 0 Å². The molecule has 0 radical (unpaired) electrons. The fourth-order valence-electron chi connectivity index (χ4n) is 1.63. The van der Waals surface area contributed by atoms with Gasteiger partial charge in [-0.25, -0.2) is 0 Å². The van der Waals surface area contributed by atoms with Crippen molar-refractivity contribution in [3.63, 3.8) is 0 Å². The Morgan fingerprint density at radius 3 is 2.44 bits per heavy atom. The SMILES string of the molecule is CCCCOC1C(O)C(O)OC(CO)C1O. The Labute approximate surface area is 94.4 Å². The maximum atomic E-state index is 9.74. The Morgan fingerprint density at radius 2 is 1.88 bits per heavy atom. The van der Waals surface area contributed by atoms with E-state index in [0.29, 0.717) is 6.61 Å². The molecule has 1 aliphatic heterocycles. The molecule has 5 unspecified atom stereocenters. The average molecular weight is 236 g/mol. The van der Waals surface area contributed by atoms with Crippen molar-refractivity contribution >= 4 is 0 Å². The standard InChI is InChI=1S/C10H20O6/c1-2-3-4-15-9-7(12)6(5-11)16-10(14)8(9)13/h6-14H,2-5H2,1H3. The molecule has 0 aliphatic carbocycles. The van der Waals surface area contributed by atoms with Crippen LogP contribution >= 0.6 is 0 Å². The van der Waals surface area contributed by atoms with E-state index < -0.39 is 37.3 Å². The van der Waals surface area contributed by atoms with E-state index in [0.717, 1.165) is 12.8 Å². The number of hydrogen-bond donors (Lipinski definition) is 4. The summed E-state index contributed by atoms with van der Waals surface area (Å²) >= 11 is 0. The third-order valence-electron chi connectivity index (χ3n) is 2.65. The van der Waals surface area contributed by atoms with E-state index in [2.05, 4.69) is 0 Å². The van der Waals surface area contributed by atoms with Gasteiger partial charge in [0.2, 0.25) is 0 Å². The lowest BCUT2D eigenvalue weighted by Gasteiger charge is -2.39. The Morgan fingerprint density at radius 1 is 1.19 bits per heavy atom. The zero-order valence-electron chi connectivity index (χ0n) is 9.32. The van der Waals surface area contributed by atoms with Gasteiger partial charge in [-0.15, -0.1) is 0 Å². The first kappa shape index (κ1) is 13.8. The molecule has 0 aromatic heterocycles. The Hall–Kier alpha value is -0.240. The van der Waals surface area contributed by atoms with Crippen molar-refractivity contribution in [2.24, 2.45) is 0 Å². The molecular formula is C10H20O6. The van der Waals surface area contributed by atoms with Crippen LogP contribution in [0.3, 0.4) is 0 Å². The van der Waals surface area contributed by atoms with Crippen molar-refractivity contribution in [1.82, 2.24) is 0 Å². The molecule has 1 saturated heterocycles. The zero-order chi connectivity index (χ0) is 12.1. The molecule has 1 heterocycles. The van der Waals surface area contributed by atoms with Crippen LogP contribution < -0.4 is 0 Å². The second kappa shape index (κ2) is 6.48. The van der Waals surface area contributed by atoms with Crippen molar-refractivity contribution in [2.45, 2.75) is 50.5 Å². The van der Waals surface area contributed by atoms with Gasteiger partial charge in [0, 0.05) is 6.61 Å². The van der Waals surface area contributed by atoms with Crippen LogP contribution in [0.1, 0.15) is 19.8 Å². The van der Waals surface area contributed by atoms with Crippen LogP contribution in [0, 0.1) is 0 Å². The molecule has 0 spiro atoms. The molecule has 4 N–H and O–H groups in total. The fourth-order valence-corrected chi connectivity index (χ4v) is 1.63. The summed E-state index contributed by atoms with van der Waals surface area (Å²) in [7, 11) is 0. The Balaban J connectivity index is 2.55. The van der Waals surface area contributed by atoms with Crippen LogP contribution in [0.15, 0.2) is 0 Å². The van der Waals surface area contributed by atoms with E-state index in [-0.39, 0.29) is 0 Å². The summed E-state index contributed by atoms with van der Waals surface area (Å²) in [5.41, 5.74) is 0. The molecular weight excluding hydrogens is 216 g/mol. The predicted octanol–water partition coefficient (Wildman–Crippen LogP) is -1.40. The van der Waals surface area contributed by atoms with Crippen molar-refractivity contribution in [3.8, 4) is 0 Å². The highest BCUT2D eigenvalue weighted by Gasteiger charge is 2.44. The van der Waals surface area contributed by atoms with Gasteiger partial charge in [0.05, 0.1) is 6.61 Å². The van der Waals surface area contributed by atoms with Gasteiger partial charge in [-0.05, 0) is 6.42 Å². The van der Waals surface area contributed by atoms with Crippen LogP contribution in [0.25, 0.3) is 0 Å². The van der Waals surface area contributed by atoms with Crippen molar-refractivity contribution in [1.29, 1.82) is 0 Å². The van der Waals surface area contributed by atoms with Crippen molar-refractivity contribution in [2.75, 3.05) is 13.2 Å². The van der Waals surface area contributed by atoms with Gasteiger partial charge in [-0.3, -0.25) is 0 Å². The first-order valence-corrected chi connectivity index (χ1v) is 5.54. The molecule has 6 nitrogen and oxygen atoms in total. The normalized spacial score (nSPS) is 39.9. The second-order valence-corrected chi connectivity index (χ2v) is 3.92. The molecule has 0 saturated carbocycles. The average Bonchev–Trinajstić information content (AvgIpc) is 2.28. The smallest absolute Gasteiger partial charge is 0.184 e. The maximum Gasteiger partial charge on any atom is 0.184 e. The van der Waals surface area contributed by atoms with Gasteiger partial charge in [0.15, 0.2) is 6.29 Å². The lowest BCUT2D eigenvalue weighted by atomic mass is 9.99. The molecule has 1 rings (SSSR count). The lowest BCUT2D eigenvalue weighted by Crippen LogP contribution is -2.59. The van der Waals surface area contributed by atoms with E-state index in [9.17, 15) is 15.3 Å². The van der Waals surface area contributed by atoms with E-state index in [1.165, 1.54) is 0 Å².